The number of hydrogen-bond donors (Lipinski definition) is 5. The van der Waals surface area contributed by atoms with Gasteiger partial charge < -0.3 is 39.0 Å². The average molecular weight is 647 g/mol. The maximum absolute atomic E-state index is 12.8. The smallest absolute Gasteiger partial charge is 0.340 e. The molecule has 0 saturated carbocycles. The van der Waals surface area contributed by atoms with Gasteiger partial charge in [0.15, 0.2) is 17.6 Å². The van der Waals surface area contributed by atoms with Crippen LogP contribution in [0.1, 0.15) is 11.8 Å². The van der Waals surface area contributed by atoms with E-state index in [9.17, 15) is 29.0 Å². The minimum absolute atomic E-state index is 0.170. The third-order valence-electron chi connectivity index (χ3n) is 4.95. The summed E-state index contributed by atoms with van der Waals surface area (Å²) in [5.41, 5.74) is 0.378. The standard InChI is InChI=1S/C18H24IN3O11P2/c1-21-14(20-31-8-11-2-4-12(19)5-3-11)6-7-22(18(21)25)17-16(24)15(23)13(33-17)9-32-35(29,30)10-34(26,27)28/h2-7,13,15-17,23-24H,8-10H2,1H3,(H,29,30)(H2,26,27,28)/b20-14-/t13-,15?,16?,17-/m1/s1. The van der Waals surface area contributed by atoms with Crippen molar-refractivity contribution >= 4 is 37.8 Å². The fourth-order valence-electron chi connectivity index (χ4n) is 3.19. The minimum atomic E-state index is -4.84. The van der Waals surface area contributed by atoms with E-state index in [0.717, 1.165) is 18.3 Å². The molecule has 0 spiro atoms. The van der Waals surface area contributed by atoms with Crippen LogP contribution in [0, 0.1) is 3.57 Å². The van der Waals surface area contributed by atoms with Crippen molar-refractivity contribution in [3.63, 3.8) is 0 Å². The topological polar surface area (TPSA) is 202 Å². The highest BCUT2D eigenvalue weighted by Gasteiger charge is 2.45. The Bertz CT molecular complexity index is 1260. The first-order chi connectivity index (χ1) is 16.3. The number of benzene rings is 1. The molecule has 14 nitrogen and oxygen atoms in total. The van der Waals surface area contributed by atoms with Crippen LogP contribution in [-0.2, 0) is 36.9 Å². The molecule has 0 bridgehead atoms. The van der Waals surface area contributed by atoms with Gasteiger partial charge in [-0.1, -0.05) is 17.3 Å². The summed E-state index contributed by atoms with van der Waals surface area (Å²) in [6.07, 6.45) is -4.69. The maximum atomic E-state index is 12.8. The number of aromatic nitrogens is 2. The molecule has 3 unspecified atom stereocenters. The van der Waals surface area contributed by atoms with Crippen LogP contribution >= 0.6 is 37.8 Å². The second-order valence-electron chi connectivity index (χ2n) is 7.70. The van der Waals surface area contributed by atoms with E-state index >= 15 is 0 Å². The highest BCUT2D eigenvalue weighted by atomic mass is 127. The van der Waals surface area contributed by atoms with E-state index in [4.69, 9.17) is 19.4 Å². The van der Waals surface area contributed by atoms with Gasteiger partial charge in [0.1, 0.15) is 24.9 Å². The number of ether oxygens (including phenoxy) is 1. The predicted octanol–water partition coefficient (Wildman–Crippen LogP) is -0.220. The van der Waals surface area contributed by atoms with Crippen molar-refractivity contribution in [3.05, 3.63) is 61.6 Å². The van der Waals surface area contributed by atoms with Crippen molar-refractivity contribution in [2.24, 2.45) is 12.2 Å². The van der Waals surface area contributed by atoms with Gasteiger partial charge in [0.05, 0.1) is 6.61 Å². The molecule has 5 N–H and O–H groups in total. The summed E-state index contributed by atoms with van der Waals surface area (Å²) in [4.78, 5) is 45.4. The summed E-state index contributed by atoms with van der Waals surface area (Å²) in [6.45, 7) is -0.585. The molecule has 35 heavy (non-hydrogen) atoms. The number of hydrogen-bond acceptors (Lipinski definition) is 9. The molecule has 17 heteroatoms. The molecule has 1 aromatic carbocycles. The van der Waals surface area contributed by atoms with Crippen molar-refractivity contribution in [3.8, 4) is 0 Å². The third-order valence-corrected chi connectivity index (χ3v) is 9.13. The third kappa shape index (κ3) is 7.55. The highest BCUT2D eigenvalue weighted by Crippen LogP contribution is 2.55. The summed E-state index contributed by atoms with van der Waals surface area (Å²) in [6, 6.07) is 9.00. The van der Waals surface area contributed by atoms with Gasteiger partial charge in [0.2, 0.25) is 0 Å². The second kappa shape index (κ2) is 11.3. The molecule has 0 amide bonds. The van der Waals surface area contributed by atoms with Gasteiger partial charge in [0.25, 0.3) is 0 Å². The Labute approximate surface area is 212 Å². The first kappa shape index (κ1) is 28.2. The summed E-state index contributed by atoms with van der Waals surface area (Å²) in [7, 11) is -8.13. The monoisotopic (exact) mass is 647 g/mol. The van der Waals surface area contributed by atoms with E-state index in [-0.39, 0.29) is 12.1 Å². The Kier molecular flexibility index (Phi) is 9.13. The molecule has 0 radical (unpaired) electrons. The lowest BCUT2D eigenvalue weighted by Gasteiger charge is -2.19. The van der Waals surface area contributed by atoms with E-state index in [1.165, 1.54) is 19.3 Å². The Hall–Kier alpha value is -1.39. The van der Waals surface area contributed by atoms with Crippen LogP contribution in [0.5, 0.6) is 0 Å². The molecule has 3 rings (SSSR count). The Morgan fingerprint density at radius 1 is 1.11 bits per heavy atom. The van der Waals surface area contributed by atoms with Gasteiger partial charge in [-0.05, 0) is 40.3 Å². The number of halogens is 1. The molecule has 1 aromatic heterocycles. The lowest BCUT2D eigenvalue weighted by atomic mass is 10.1. The Balaban J connectivity index is 1.70. The molecule has 1 aliphatic rings. The fourth-order valence-corrected chi connectivity index (χ4v) is 6.12. The van der Waals surface area contributed by atoms with Crippen molar-refractivity contribution in [2.45, 2.75) is 31.1 Å². The molecule has 194 valence electrons. The lowest BCUT2D eigenvalue weighted by molar-refractivity contribution is -0.0530. The highest BCUT2D eigenvalue weighted by molar-refractivity contribution is 14.1. The summed E-state index contributed by atoms with van der Waals surface area (Å²) < 4.78 is 36.1. The van der Waals surface area contributed by atoms with Gasteiger partial charge in [-0.25, -0.2) is 4.79 Å². The van der Waals surface area contributed by atoms with Crippen LogP contribution in [0.15, 0.2) is 46.5 Å². The SMILES string of the molecule is Cn1c(=O)n([C@@H]2O[C@H](COP(=O)(O)CP(=O)(O)O)C(O)C2O)cc/c1=N/OCc1ccc(I)cc1. The molecular formula is C18H24IN3O11P2. The van der Waals surface area contributed by atoms with E-state index < -0.39 is 57.9 Å². The van der Waals surface area contributed by atoms with Crippen LogP contribution < -0.4 is 11.2 Å². The summed E-state index contributed by atoms with van der Waals surface area (Å²) >= 11 is 2.18. The van der Waals surface area contributed by atoms with E-state index in [1.807, 2.05) is 24.3 Å². The second-order valence-corrected chi connectivity index (χ2v) is 12.9. The summed E-state index contributed by atoms with van der Waals surface area (Å²) in [5, 5.41) is 24.5. The van der Waals surface area contributed by atoms with Gasteiger partial charge in [-0.2, -0.15) is 0 Å². The number of rotatable bonds is 9. The maximum Gasteiger partial charge on any atom is 0.340 e. The number of aliphatic hydroxyl groups excluding tert-OH is 2. The first-order valence-electron chi connectivity index (χ1n) is 9.98. The van der Waals surface area contributed by atoms with Gasteiger partial charge in [-0.15, -0.1) is 0 Å². The van der Waals surface area contributed by atoms with Crippen LogP contribution in [0.2, 0.25) is 0 Å². The number of nitrogens with zero attached hydrogens (tertiary/aromatic N) is 3. The van der Waals surface area contributed by atoms with Crippen LogP contribution in [-0.4, -0.2) is 64.8 Å². The van der Waals surface area contributed by atoms with Gasteiger partial charge >= 0.3 is 20.9 Å². The Morgan fingerprint density at radius 3 is 2.40 bits per heavy atom. The largest absolute Gasteiger partial charge is 0.389 e. The zero-order chi connectivity index (χ0) is 26.0. The van der Waals surface area contributed by atoms with E-state index in [1.54, 1.807) is 0 Å². The van der Waals surface area contributed by atoms with Crippen molar-refractivity contribution in [1.82, 2.24) is 9.13 Å². The average Bonchev–Trinajstić information content (AvgIpc) is 3.03. The van der Waals surface area contributed by atoms with Crippen molar-refractivity contribution < 1.29 is 48.1 Å². The molecule has 1 fully saturated rings. The molecule has 0 aliphatic carbocycles. The molecule has 2 aromatic rings. The van der Waals surface area contributed by atoms with Crippen molar-refractivity contribution in [2.75, 3.05) is 12.5 Å². The van der Waals surface area contributed by atoms with Gasteiger partial charge in [-0.3, -0.25) is 18.3 Å². The molecule has 2 heterocycles. The fraction of sp³-hybridized carbons (Fsp3) is 0.444. The lowest BCUT2D eigenvalue weighted by Crippen LogP contribution is -2.42. The van der Waals surface area contributed by atoms with E-state index in [2.05, 4.69) is 32.3 Å². The quantitative estimate of drug-likeness (QED) is 0.137. The Morgan fingerprint density at radius 2 is 1.77 bits per heavy atom. The van der Waals surface area contributed by atoms with Crippen LogP contribution in [0.25, 0.3) is 0 Å². The zero-order valence-electron chi connectivity index (χ0n) is 18.2. The molecule has 1 aliphatic heterocycles. The molecule has 5 atom stereocenters. The molecular weight excluding hydrogens is 623 g/mol. The van der Waals surface area contributed by atoms with Crippen molar-refractivity contribution in [1.29, 1.82) is 0 Å². The van der Waals surface area contributed by atoms with Crippen LogP contribution in [0.3, 0.4) is 0 Å². The normalized spacial score (nSPS) is 24.9. The van der Waals surface area contributed by atoms with Gasteiger partial charge in [0, 0.05) is 22.9 Å². The summed E-state index contributed by atoms with van der Waals surface area (Å²) in [5.74, 6) is -1.42. The minimum Gasteiger partial charge on any atom is -0.389 e. The van der Waals surface area contributed by atoms with Crippen LogP contribution in [0.4, 0.5) is 0 Å². The van der Waals surface area contributed by atoms with E-state index in [0.29, 0.717) is 0 Å². The first-order valence-corrected chi connectivity index (χ1v) is 14.6. The number of aliphatic hydroxyl groups is 2. The zero-order valence-corrected chi connectivity index (χ0v) is 22.1. The predicted molar refractivity (Wildman–Crippen MR) is 128 cm³/mol. The molecule has 1 saturated heterocycles.